The molecule has 0 bridgehead atoms. The fourth-order valence-corrected chi connectivity index (χ4v) is 5.45. The van der Waals surface area contributed by atoms with E-state index in [4.69, 9.17) is 4.74 Å². The fraction of sp³-hybridized carbons (Fsp3) is 0.370. The first-order chi connectivity index (χ1) is 18.1. The van der Waals surface area contributed by atoms with E-state index in [1.54, 1.807) is 23.5 Å². The van der Waals surface area contributed by atoms with Crippen molar-refractivity contribution in [2.75, 3.05) is 30.3 Å². The summed E-state index contributed by atoms with van der Waals surface area (Å²) >= 11 is 1.61. The van der Waals surface area contributed by atoms with Crippen molar-refractivity contribution >= 4 is 34.7 Å². The number of halogens is 3. The van der Waals surface area contributed by atoms with Crippen molar-refractivity contribution in [1.82, 2.24) is 9.88 Å². The zero-order valence-corrected chi connectivity index (χ0v) is 22.1. The lowest BCUT2D eigenvalue weighted by Gasteiger charge is -2.40. The number of urea groups is 1. The van der Waals surface area contributed by atoms with Crippen LogP contribution in [-0.2, 0) is 9.53 Å². The standard InChI is InChI=1S/C27H29F3N4O3S/c1-4-37-25(35)27(2,3)34-11-9-17(10-12-34)24-31-15-23(38-24)16-5-7-18(8-6-16)32-26(36)33-22-14-20(29)19(28)13-21(22)30/h5-8,13-15,17H,4,9-12H2,1-3H3,(H2,32,33,36). The first-order valence-electron chi connectivity index (χ1n) is 12.3. The number of nitrogens with one attached hydrogen (secondary N) is 2. The van der Waals surface area contributed by atoms with E-state index in [9.17, 15) is 22.8 Å². The molecule has 202 valence electrons. The van der Waals surface area contributed by atoms with Crippen molar-refractivity contribution in [3.05, 3.63) is 65.1 Å². The van der Waals surface area contributed by atoms with E-state index >= 15 is 0 Å². The minimum atomic E-state index is -1.33. The molecule has 7 nitrogen and oxygen atoms in total. The Morgan fingerprint density at radius 2 is 1.71 bits per heavy atom. The summed E-state index contributed by atoms with van der Waals surface area (Å²) in [6.45, 7) is 7.53. The van der Waals surface area contributed by atoms with Crippen LogP contribution in [0.2, 0.25) is 0 Å². The van der Waals surface area contributed by atoms with Crippen LogP contribution in [0.3, 0.4) is 0 Å². The van der Waals surface area contributed by atoms with Gasteiger partial charge in [0, 0.05) is 29.9 Å². The molecule has 1 aromatic heterocycles. The molecule has 0 atom stereocenters. The van der Waals surface area contributed by atoms with Gasteiger partial charge >= 0.3 is 12.0 Å². The summed E-state index contributed by atoms with van der Waals surface area (Å²) in [4.78, 5) is 32.3. The number of likely N-dealkylation sites (tertiary alicyclic amines) is 1. The molecule has 11 heteroatoms. The van der Waals surface area contributed by atoms with E-state index in [0.717, 1.165) is 41.4 Å². The third-order valence-corrected chi connectivity index (χ3v) is 7.83. The van der Waals surface area contributed by atoms with Crippen LogP contribution in [0, 0.1) is 17.5 Å². The van der Waals surface area contributed by atoms with E-state index < -0.39 is 34.7 Å². The van der Waals surface area contributed by atoms with E-state index in [1.807, 2.05) is 39.1 Å². The Bertz CT molecular complexity index is 1310. The third kappa shape index (κ3) is 6.16. The highest BCUT2D eigenvalue weighted by Crippen LogP contribution is 2.36. The summed E-state index contributed by atoms with van der Waals surface area (Å²) < 4.78 is 45.4. The summed E-state index contributed by atoms with van der Waals surface area (Å²) in [6, 6.07) is 7.19. The van der Waals surface area contributed by atoms with E-state index in [0.29, 0.717) is 30.3 Å². The molecule has 4 rings (SSSR count). The minimum absolute atomic E-state index is 0.207. The summed E-state index contributed by atoms with van der Waals surface area (Å²) in [5, 5.41) is 5.75. The zero-order chi connectivity index (χ0) is 27.4. The quantitative estimate of drug-likeness (QED) is 0.265. The predicted molar refractivity (Wildman–Crippen MR) is 141 cm³/mol. The van der Waals surface area contributed by atoms with Gasteiger partial charge in [0.2, 0.25) is 0 Å². The Balaban J connectivity index is 1.33. The van der Waals surface area contributed by atoms with Gasteiger partial charge in [-0.2, -0.15) is 0 Å². The van der Waals surface area contributed by atoms with Crippen molar-refractivity contribution in [3.8, 4) is 10.4 Å². The van der Waals surface area contributed by atoms with Gasteiger partial charge in [0.05, 0.1) is 22.2 Å². The molecule has 2 amide bonds. The molecule has 3 aromatic rings. The van der Waals surface area contributed by atoms with Crippen LogP contribution in [-0.4, -0.2) is 47.1 Å². The first kappa shape index (κ1) is 27.6. The molecular formula is C27H29F3N4O3S. The normalized spacial score (nSPS) is 14.8. The number of aromatic nitrogens is 1. The average molecular weight is 547 g/mol. The second-order valence-electron chi connectivity index (χ2n) is 9.51. The van der Waals surface area contributed by atoms with E-state index in [-0.39, 0.29) is 5.97 Å². The summed E-state index contributed by atoms with van der Waals surface area (Å²) in [5.41, 5.74) is 0.235. The van der Waals surface area contributed by atoms with E-state index in [1.165, 1.54) is 0 Å². The average Bonchev–Trinajstić information content (AvgIpc) is 3.38. The Hall–Kier alpha value is -3.44. The van der Waals surface area contributed by atoms with Gasteiger partial charge in [-0.25, -0.2) is 22.9 Å². The maximum atomic E-state index is 13.8. The van der Waals surface area contributed by atoms with Crippen LogP contribution in [0.1, 0.15) is 44.5 Å². The lowest BCUT2D eigenvalue weighted by Crippen LogP contribution is -2.53. The topological polar surface area (TPSA) is 83.6 Å². The number of carbonyl (C=O) groups is 2. The maximum absolute atomic E-state index is 13.8. The monoisotopic (exact) mass is 546 g/mol. The largest absolute Gasteiger partial charge is 0.465 e. The van der Waals surface area contributed by atoms with Crippen LogP contribution < -0.4 is 10.6 Å². The molecular weight excluding hydrogens is 517 g/mol. The number of esters is 1. The molecule has 2 aromatic carbocycles. The second kappa shape index (κ2) is 11.5. The zero-order valence-electron chi connectivity index (χ0n) is 21.3. The molecule has 0 saturated carbocycles. The van der Waals surface area contributed by atoms with Crippen molar-refractivity contribution in [2.24, 2.45) is 0 Å². The van der Waals surface area contributed by atoms with Gasteiger partial charge in [-0.05, 0) is 64.4 Å². The molecule has 0 aliphatic carbocycles. The highest BCUT2D eigenvalue weighted by atomic mass is 32.1. The fourth-order valence-electron chi connectivity index (χ4n) is 4.35. The van der Waals surface area contributed by atoms with Gasteiger partial charge in [-0.1, -0.05) is 12.1 Å². The molecule has 2 N–H and O–H groups in total. The first-order valence-corrected chi connectivity index (χ1v) is 13.1. The Kier molecular flexibility index (Phi) is 8.37. The van der Waals surface area contributed by atoms with Gasteiger partial charge in [-0.15, -0.1) is 11.3 Å². The van der Waals surface area contributed by atoms with Crippen molar-refractivity contribution in [2.45, 2.75) is 45.1 Å². The lowest BCUT2D eigenvalue weighted by atomic mass is 9.92. The van der Waals surface area contributed by atoms with Crippen LogP contribution in [0.4, 0.5) is 29.3 Å². The van der Waals surface area contributed by atoms with Gasteiger partial charge in [-0.3, -0.25) is 9.69 Å². The predicted octanol–water partition coefficient (Wildman–Crippen LogP) is 6.39. The van der Waals surface area contributed by atoms with Crippen LogP contribution >= 0.6 is 11.3 Å². The van der Waals surface area contributed by atoms with Gasteiger partial charge in [0.25, 0.3) is 0 Å². The van der Waals surface area contributed by atoms with Crippen LogP contribution in [0.5, 0.6) is 0 Å². The number of anilines is 2. The minimum Gasteiger partial charge on any atom is -0.465 e. The highest BCUT2D eigenvalue weighted by molar-refractivity contribution is 7.15. The summed E-state index contributed by atoms with van der Waals surface area (Å²) in [7, 11) is 0. The van der Waals surface area contributed by atoms with Crippen LogP contribution in [0.15, 0.2) is 42.6 Å². The van der Waals surface area contributed by atoms with Gasteiger partial charge in [0.15, 0.2) is 11.6 Å². The molecule has 0 unspecified atom stereocenters. The molecule has 38 heavy (non-hydrogen) atoms. The Morgan fingerprint density at radius 3 is 2.37 bits per heavy atom. The number of hydrogen-bond acceptors (Lipinski definition) is 6. The number of benzene rings is 2. The van der Waals surface area contributed by atoms with Gasteiger partial charge in [0.1, 0.15) is 11.4 Å². The molecule has 1 aliphatic rings. The summed E-state index contributed by atoms with van der Waals surface area (Å²) in [5.74, 6) is -3.57. The SMILES string of the molecule is CCOC(=O)C(C)(C)N1CCC(c2ncc(-c3ccc(NC(=O)Nc4cc(F)c(F)cc4F)cc3)s2)CC1. The lowest BCUT2D eigenvalue weighted by molar-refractivity contribution is -0.156. The Labute approximate surface area is 223 Å². The molecule has 2 heterocycles. The maximum Gasteiger partial charge on any atom is 0.325 e. The molecule has 0 radical (unpaired) electrons. The second-order valence-corrected chi connectivity index (χ2v) is 10.6. The number of rotatable bonds is 7. The molecule has 1 saturated heterocycles. The van der Waals surface area contributed by atoms with E-state index in [2.05, 4.69) is 20.5 Å². The van der Waals surface area contributed by atoms with Crippen molar-refractivity contribution in [1.29, 1.82) is 0 Å². The number of nitrogens with zero attached hydrogens (tertiary/aromatic N) is 2. The number of carbonyl (C=O) groups excluding carboxylic acids is 2. The number of ether oxygens (including phenoxy) is 1. The highest BCUT2D eigenvalue weighted by Gasteiger charge is 2.38. The molecule has 1 aliphatic heterocycles. The summed E-state index contributed by atoms with van der Waals surface area (Å²) in [6.07, 6.45) is 3.62. The van der Waals surface area contributed by atoms with Gasteiger partial charge < -0.3 is 15.4 Å². The number of amides is 2. The number of hydrogen-bond donors (Lipinski definition) is 2. The smallest absolute Gasteiger partial charge is 0.325 e. The number of piperidine rings is 1. The molecule has 1 fully saturated rings. The Morgan fingerprint density at radius 1 is 1.05 bits per heavy atom. The van der Waals surface area contributed by atoms with Crippen molar-refractivity contribution in [3.63, 3.8) is 0 Å². The van der Waals surface area contributed by atoms with Crippen molar-refractivity contribution < 1.29 is 27.5 Å². The third-order valence-electron chi connectivity index (χ3n) is 6.62. The molecule has 0 spiro atoms. The van der Waals surface area contributed by atoms with Crippen LogP contribution in [0.25, 0.3) is 10.4 Å². The number of thiazole rings is 1.